The van der Waals surface area contributed by atoms with E-state index in [0.717, 1.165) is 37.9 Å². The summed E-state index contributed by atoms with van der Waals surface area (Å²) < 4.78 is 12.9. The maximum atomic E-state index is 12.9. The second-order valence-electron chi connectivity index (χ2n) is 5.84. The molecule has 3 N–H and O–H groups in total. The Morgan fingerprint density at radius 3 is 2.45 bits per heavy atom. The van der Waals surface area contributed by atoms with Gasteiger partial charge in [-0.3, -0.25) is 15.0 Å². The van der Waals surface area contributed by atoms with Crippen molar-refractivity contribution in [3.05, 3.63) is 35.6 Å². The van der Waals surface area contributed by atoms with E-state index < -0.39 is 6.03 Å². The lowest BCUT2D eigenvalue weighted by Crippen LogP contribution is -2.50. The van der Waals surface area contributed by atoms with Crippen molar-refractivity contribution in [2.24, 2.45) is 11.7 Å². The fourth-order valence-electron chi connectivity index (χ4n) is 2.89. The number of imide groups is 1. The van der Waals surface area contributed by atoms with Gasteiger partial charge in [-0.1, -0.05) is 12.1 Å². The molecule has 0 saturated carbocycles. The number of rotatable bonds is 4. The lowest BCUT2D eigenvalue weighted by atomic mass is 9.89. The number of primary amides is 1. The van der Waals surface area contributed by atoms with Gasteiger partial charge < -0.3 is 5.73 Å². The van der Waals surface area contributed by atoms with Gasteiger partial charge in [0, 0.05) is 0 Å². The number of carbonyl (C=O) groups is 2. The van der Waals surface area contributed by atoms with Crippen molar-refractivity contribution in [1.82, 2.24) is 10.2 Å². The summed E-state index contributed by atoms with van der Waals surface area (Å²) in [7, 11) is 0. The highest BCUT2D eigenvalue weighted by Crippen LogP contribution is 2.23. The molecule has 0 spiro atoms. The van der Waals surface area contributed by atoms with Crippen molar-refractivity contribution in [3.63, 3.8) is 0 Å². The molecule has 1 aliphatic rings. The SMILES string of the molecule is C[C@@H](C(=O)NC(N)=O)N1CCC(Cc2ccc(F)cc2)CC1. The molecule has 1 aromatic carbocycles. The van der Waals surface area contributed by atoms with Crippen LogP contribution in [0.4, 0.5) is 9.18 Å². The third kappa shape index (κ3) is 4.53. The molecule has 6 heteroatoms. The van der Waals surface area contributed by atoms with Crippen LogP contribution in [0, 0.1) is 11.7 Å². The molecule has 1 saturated heterocycles. The predicted molar refractivity (Wildman–Crippen MR) is 81.6 cm³/mol. The number of nitrogens with one attached hydrogen (secondary N) is 1. The van der Waals surface area contributed by atoms with Crippen LogP contribution in [0.25, 0.3) is 0 Å². The van der Waals surface area contributed by atoms with Crippen LogP contribution in [0.15, 0.2) is 24.3 Å². The standard InChI is InChI=1S/C16H22FN3O2/c1-11(15(21)19-16(18)22)20-8-6-13(7-9-20)10-12-2-4-14(17)5-3-12/h2-5,11,13H,6-10H2,1H3,(H3,18,19,21,22)/t11-/m0/s1. The third-order valence-electron chi connectivity index (χ3n) is 4.26. The van der Waals surface area contributed by atoms with Gasteiger partial charge in [0.2, 0.25) is 5.91 Å². The van der Waals surface area contributed by atoms with Crippen LogP contribution in [0.1, 0.15) is 25.3 Å². The van der Waals surface area contributed by atoms with Gasteiger partial charge in [0.15, 0.2) is 0 Å². The van der Waals surface area contributed by atoms with Gasteiger partial charge in [-0.25, -0.2) is 9.18 Å². The van der Waals surface area contributed by atoms with E-state index in [0.29, 0.717) is 5.92 Å². The molecule has 0 unspecified atom stereocenters. The minimum atomic E-state index is -0.817. The summed E-state index contributed by atoms with van der Waals surface area (Å²) >= 11 is 0. The second-order valence-corrected chi connectivity index (χ2v) is 5.84. The number of hydrogen-bond acceptors (Lipinski definition) is 3. The van der Waals surface area contributed by atoms with Gasteiger partial charge in [-0.15, -0.1) is 0 Å². The molecule has 1 aliphatic heterocycles. The van der Waals surface area contributed by atoms with Gasteiger partial charge in [0.05, 0.1) is 6.04 Å². The minimum absolute atomic E-state index is 0.215. The zero-order valence-corrected chi connectivity index (χ0v) is 12.7. The topological polar surface area (TPSA) is 75.4 Å². The van der Waals surface area contributed by atoms with Gasteiger partial charge in [-0.05, 0) is 62.9 Å². The molecule has 5 nitrogen and oxygen atoms in total. The molecule has 0 aromatic heterocycles. The Morgan fingerprint density at radius 1 is 1.32 bits per heavy atom. The fraction of sp³-hybridized carbons (Fsp3) is 0.500. The Bertz CT molecular complexity index is 525. The summed E-state index contributed by atoms with van der Waals surface area (Å²) in [5.74, 6) is -0.0366. The molecular formula is C16H22FN3O2. The fourth-order valence-corrected chi connectivity index (χ4v) is 2.89. The molecule has 22 heavy (non-hydrogen) atoms. The van der Waals surface area contributed by atoms with E-state index in [2.05, 4.69) is 10.2 Å². The van der Waals surface area contributed by atoms with Crippen molar-refractivity contribution in [1.29, 1.82) is 0 Å². The number of benzene rings is 1. The van der Waals surface area contributed by atoms with Crippen LogP contribution >= 0.6 is 0 Å². The van der Waals surface area contributed by atoms with E-state index in [-0.39, 0.29) is 17.8 Å². The smallest absolute Gasteiger partial charge is 0.318 e. The maximum Gasteiger partial charge on any atom is 0.318 e. The Balaban J connectivity index is 1.81. The summed E-state index contributed by atoms with van der Waals surface area (Å²) in [5, 5.41) is 2.12. The normalized spacial score (nSPS) is 17.9. The first-order valence-corrected chi connectivity index (χ1v) is 7.54. The number of hydrogen-bond donors (Lipinski definition) is 2. The highest BCUT2D eigenvalue weighted by Gasteiger charge is 2.27. The summed E-state index contributed by atoms with van der Waals surface area (Å²) in [6.07, 6.45) is 2.88. The minimum Gasteiger partial charge on any atom is -0.351 e. The van der Waals surface area contributed by atoms with Crippen molar-refractivity contribution in [2.45, 2.75) is 32.2 Å². The van der Waals surface area contributed by atoms with Crippen LogP contribution in [0.5, 0.6) is 0 Å². The molecule has 1 fully saturated rings. The lowest BCUT2D eigenvalue weighted by molar-refractivity contribution is -0.125. The Hall–Kier alpha value is -1.95. The Labute approximate surface area is 129 Å². The van der Waals surface area contributed by atoms with E-state index in [1.54, 1.807) is 6.92 Å². The number of likely N-dealkylation sites (tertiary alicyclic amines) is 1. The number of nitrogens with two attached hydrogens (primary N) is 1. The Kier molecular flexibility index (Phi) is 5.49. The molecule has 1 aromatic rings. The van der Waals surface area contributed by atoms with Gasteiger partial charge in [0.25, 0.3) is 0 Å². The predicted octanol–water partition coefficient (Wildman–Crippen LogP) is 1.66. The average molecular weight is 307 g/mol. The van der Waals surface area contributed by atoms with Crippen LogP contribution in [0.3, 0.4) is 0 Å². The highest BCUT2D eigenvalue weighted by molar-refractivity contribution is 5.96. The van der Waals surface area contributed by atoms with Crippen LogP contribution < -0.4 is 11.1 Å². The summed E-state index contributed by atoms with van der Waals surface area (Å²) in [4.78, 5) is 24.5. The number of urea groups is 1. The number of nitrogens with zero attached hydrogens (tertiary/aromatic N) is 1. The number of carbonyl (C=O) groups excluding carboxylic acids is 2. The molecule has 0 bridgehead atoms. The van der Waals surface area contributed by atoms with E-state index in [9.17, 15) is 14.0 Å². The zero-order chi connectivity index (χ0) is 16.1. The van der Waals surface area contributed by atoms with E-state index in [1.807, 2.05) is 12.1 Å². The number of amides is 3. The van der Waals surface area contributed by atoms with Crippen molar-refractivity contribution in [3.8, 4) is 0 Å². The summed E-state index contributed by atoms with van der Waals surface area (Å²) in [6, 6.07) is 5.44. The van der Waals surface area contributed by atoms with Crippen molar-refractivity contribution in [2.75, 3.05) is 13.1 Å². The van der Waals surface area contributed by atoms with Crippen LogP contribution in [-0.4, -0.2) is 36.0 Å². The molecule has 0 radical (unpaired) electrons. The summed E-state index contributed by atoms with van der Waals surface area (Å²) in [6.45, 7) is 3.39. The first-order chi connectivity index (χ1) is 10.5. The van der Waals surface area contributed by atoms with E-state index in [1.165, 1.54) is 12.1 Å². The van der Waals surface area contributed by atoms with Crippen LogP contribution in [-0.2, 0) is 11.2 Å². The molecule has 3 amide bonds. The first kappa shape index (κ1) is 16.4. The van der Waals surface area contributed by atoms with Crippen LogP contribution in [0.2, 0.25) is 0 Å². The molecule has 1 atom stereocenters. The van der Waals surface area contributed by atoms with Gasteiger partial charge in [0.1, 0.15) is 5.82 Å². The monoisotopic (exact) mass is 307 g/mol. The zero-order valence-electron chi connectivity index (χ0n) is 12.7. The Morgan fingerprint density at radius 2 is 1.91 bits per heavy atom. The van der Waals surface area contributed by atoms with Crippen molar-refractivity contribution >= 4 is 11.9 Å². The first-order valence-electron chi connectivity index (χ1n) is 7.54. The highest BCUT2D eigenvalue weighted by atomic mass is 19.1. The maximum absolute atomic E-state index is 12.9. The number of halogens is 1. The van der Waals surface area contributed by atoms with Gasteiger partial charge >= 0.3 is 6.03 Å². The van der Waals surface area contributed by atoms with E-state index in [4.69, 9.17) is 5.73 Å². The molecule has 0 aliphatic carbocycles. The third-order valence-corrected chi connectivity index (χ3v) is 4.26. The average Bonchev–Trinajstić information content (AvgIpc) is 2.49. The second kappa shape index (κ2) is 7.35. The molecule has 120 valence electrons. The lowest BCUT2D eigenvalue weighted by Gasteiger charge is -2.35. The quantitative estimate of drug-likeness (QED) is 0.888. The number of piperidine rings is 1. The van der Waals surface area contributed by atoms with E-state index >= 15 is 0 Å². The van der Waals surface area contributed by atoms with Crippen molar-refractivity contribution < 1.29 is 14.0 Å². The molecular weight excluding hydrogens is 285 g/mol. The summed E-state index contributed by atoms with van der Waals surface area (Å²) in [5.41, 5.74) is 6.10. The largest absolute Gasteiger partial charge is 0.351 e. The molecule has 1 heterocycles. The van der Waals surface area contributed by atoms with Gasteiger partial charge in [-0.2, -0.15) is 0 Å². The molecule has 2 rings (SSSR count).